The van der Waals surface area contributed by atoms with Gasteiger partial charge in [-0.1, -0.05) is 18.2 Å². The largest absolute Gasteiger partial charge is 0.488 e. The molecule has 1 N–H and O–H groups in total. The summed E-state index contributed by atoms with van der Waals surface area (Å²) in [4.78, 5) is 23.3. The fourth-order valence-electron chi connectivity index (χ4n) is 2.04. The molecule has 0 heterocycles. The number of aromatic carboxylic acids is 1. The Morgan fingerprint density at radius 2 is 1.91 bits per heavy atom. The Morgan fingerprint density at radius 3 is 2.57 bits per heavy atom. The quantitative estimate of drug-likeness (QED) is 0.828. The number of esters is 1. The molecule has 0 spiro atoms. The van der Waals surface area contributed by atoms with Crippen LogP contribution in [0.3, 0.4) is 0 Å². The van der Waals surface area contributed by atoms with Gasteiger partial charge in [0.05, 0.1) is 12.2 Å². The Labute approximate surface area is 132 Å². The van der Waals surface area contributed by atoms with Crippen LogP contribution in [0.25, 0.3) is 0 Å². The van der Waals surface area contributed by atoms with Crippen molar-refractivity contribution in [1.29, 1.82) is 0 Å². The molecule has 2 aromatic carbocycles. The van der Waals surface area contributed by atoms with E-state index in [0.717, 1.165) is 0 Å². The monoisotopic (exact) mass is 318 g/mol. The fraction of sp³-hybridized carbons (Fsp3) is 0.176. The summed E-state index contributed by atoms with van der Waals surface area (Å²) in [5.41, 5.74) is 0.182. The van der Waals surface area contributed by atoms with Crippen molar-refractivity contribution in [2.45, 2.75) is 13.5 Å². The van der Waals surface area contributed by atoms with E-state index in [-0.39, 0.29) is 30.1 Å². The second-order valence-electron chi connectivity index (χ2n) is 4.62. The van der Waals surface area contributed by atoms with E-state index in [1.807, 2.05) is 0 Å². The maximum atomic E-state index is 13.1. The Hall–Kier alpha value is -2.89. The average molecular weight is 318 g/mol. The highest BCUT2D eigenvalue weighted by molar-refractivity contribution is 6.04. The lowest BCUT2D eigenvalue weighted by atomic mass is 10.1. The fourth-order valence-corrected chi connectivity index (χ4v) is 2.04. The van der Waals surface area contributed by atoms with Crippen molar-refractivity contribution in [1.82, 2.24) is 0 Å². The van der Waals surface area contributed by atoms with Gasteiger partial charge in [0.25, 0.3) is 0 Å². The zero-order valence-corrected chi connectivity index (χ0v) is 12.4. The normalized spacial score (nSPS) is 10.2. The first-order chi connectivity index (χ1) is 11.0. The number of carbonyl (C=O) groups excluding carboxylic acids is 1. The lowest BCUT2D eigenvalue weighted by Crippen LogP contribution is -2.13. The Morgan fingerprint density at radius 1 is 1.17 bits per heavy atom. The Balaban J connectivity index is 2.29. The van der Waals surface area contributed by atoms with E-state index in [1.54, 1.807) is 13.0 Å². The van der Waals surface area contributed by atoms with Gasteiger partial charge in [-0.15, -0.1) is 0 Å². The number of halogens is 1. The summed E-state index contributed by atoms with van der Waals surface area (Å²) in [7, 11) is 0. The van der Waals surface area contributed by atoms with Crippen LogP contribution in [-0.4, -0.2) is 23.7 Å². The summed E-state index contributed by atoms with van der Waals surface area (Å²) < 4.78 is 23.4. The zero-order chi connectivity index (χ0) is 16.8. The molecule has 0 aliphatic rings. The van der Waals surface area contributed by atoms with E-state index in [0.29, 0.717) is 5.56 Å². The van der Waals surface area contributed by atoms with Gasteiger partial charge >= 0.3 is 11.9 Å². The molecule has 5 nitrogen and oxygen atoms in total. The van der Waals surface area contributed by atoms with Crippen LogP contribution in [0.2, 0.25) is 0 Å². The van der Waals surface area contributed by atoms with Gasteiger partial charge in [0, 0.05) is 0 Å². The zero-order valence-electron chi connectivity index (χ0n) is 12.4. The number of hydrogen-bond donors (Lipinski definition) is 1. The maximum absolute atomic E-state index is 13.1. The van der Waals surface area contributed by atoms with Gasteiger partial charge in [-0.3, -0.25) is 0 Å². The van der Waals surface area contributed by atoms with E-state index in [2.05, 4.69) is 0 Å². The summed E-state index contributed by atoms with van der Waals surface area (Å²) in [5.74, 6) is -2.43. The molecule has 120 valence electrons. The minimum Gasteiger partial charge on any atom is -0.488 e. The lowest BCUT2D eigenvalue weighted by molar-refractivity contribution is 0.0513. The first-order valence-corrected chi connectivity index (χ1v) is 6.93. The molecule has 6 heteroatoms. The molecular weight excluding hydrogens is 303 g/mol. The highest BCUT2D eigenvalue weighted by Gasteiger charge is 2.22. The lowest BCUT2D eigenvalue weighted by Gasteiger charge is -2.12. The van der Waals surface area contributed by atoms with Gasteiger partial charge in [0.2, 0.25) is 0 Å². The highest BCUT2D eigenvalue weighted by atomic mass is 19.1. The van der Waals surface area contributed by atoms with E-state index in [1.165, 1.54) is 36.4 Å². The van der Waals surface area contributed by atoms with Gasteiger partial charge in [-0.2, -0.15) is 0 Å². The standard InChI is InChI=1S/C17H15FO5/c1-2-22-17(21)13-7-4-8-14(15(13)16(19)20)23-10-11-5-3-6-12(18)9-11/h3-9H,2,10H2,1H3,(H,19,20). The van der Waals surface area contributed by atoms with Gasteiger partial charge in [0.1, 0.15) is 23.7 Å². The van der Waals surface area contributed by atoms with Gasteiger partial charge in [-0.25, -0.2) is 14.0 Å². The van der Waals surface area contributed by atoms with Crippen LogP contribution in [0.1, 0.15) is 33.2 Å². The van der Waals surface area contributed by atoms with Crippen molar-refractivity contribution in [3.63, 3.8) is 0 Å². The van der Waals surface area contributed by atoms with Crippen LogP contribution in [0, 0.1) is 5.82 Å². The van der Waals surface area contributed by atoms with E-state index in [4.69, 9.17) is 9.47 Å². The second-order valence-corrected chi connectivity index (χ2v) is 4.62. The number of carbonyl (C=O) groups is 2. The number of carboxylic acid groups (broad SMARTS) is 1. The molecule has 2 aromatic rings. The molecule has 0 atom stereocenters. The van der Waals surface area contributed by atoms with Crippen LogP contribution < -0.4 is 4.74 Å². The van der Waals surface area contributed by atoms with Crippen LogP contribution >= 0.6 is 0 Å². The Bertz CT molecular complexity index is 727. The minimum absolute atomic E-state index is 0.0207. The van der Waals surface area contributed by atoms with Crippen LogP contribution in [-0.2, 0) is 11.3 Å². The van der Waals surface area contributed by atoms with Crippen LogP contribution in [0.5, 0.6) is 5.75 Å². The van der Waals surface area contributed by atoms with Crippen molar-refractivity contribution in [2.24, 2.45) is 0 Å². The third-order valence-corrected chi connectivity index (χ3v) is 3.02. The number of ether oxygens (including phenoxy) is 2. The molecule has 23 heavy (non-hydrogen) atoms. The first-order valence-electron chi connectivity index (χ1n) is 6.93. The molecule has 0 unspecified atom stereocenters. The summed E-state index contributed by atoms with van der Waals surface area (Å²) in [6.07, 6.45) is 0. The summed E-state index contributed by atoms with van der Waals surface area (Å²) in [6, 6.07) is 10.1. The molecule has 2 rings (SSSR count). The number of hydrogen-bond acceptors (Lipinski definition) is 4. The number of benzene rings is 2. The SMILES string of the molecule is CCOC(=O)c1cccc(OCc2cccc(F)c2)c1C(=O)O. The molecule has 0 fully saturated rings. The minimum atomic E-state index is -1.30. The molecule has 0 aliphatic heterocycles. The predicted molar refractivity (Wildman–Crippen MR) is 80.1 cm³/mol. The molecule has 0 saturated heterocycles. The predicted octanol–water partition coefficient (Wildman–Crippen LogP) is 3.28. The van der Waals surface area contributed by atoms with Gasteiger partial charge < -0.3 is 14.6 Å². The smallest absolute Gasteiger partial charge is 0.340 e. The van der Waals surface area contributed by atoms with Gasteiger partial charge in [0.15, 0.2) is 0 Å². The Kier molecular flexibility index (Phi) is 5.30. The molecule has 0 amide bonds. The van der Waals surface area contributed by atoms with E-state index in [9.17, 15) is 19.1 Å². The van der Waals surface area contributed by atoms with Crippen molar-refractivity contribution in [3.8, 4) is 5.75 Å². The van der Waals surface area contributed by atoms with Crippen molar-refractivity contribution < 1.29 is 28.6 Å². The van der Waals surface area contributed by atoms with Crippen molar-refractivity contribution >= 4 is 11.9 Å². The van der Waals surface area contributed by atoms with Gasteiger partial charge in [-0.05, 0) is 36.8 Å². The summed E-state index contributed by atoms with van der Waals surface area (Å²) >= 11 is 0. The first kappa shape index (κ1) is 16.5. The topological polar surface area (TPSA) is 72.8 Å². The molecular formula is C17H15FO5. The third kappa shape index (κ3) is 4.06. The molecule has 0 bridgehead atoms. The summed E-state index contributed by atoms with van der Waals surface area (Å²) in [5, 5.41) is 9.36. The third-order valence-electron chi connectivity index (χ3n) is 3.02. The number of rotatable bonds is 6. The summed E-state index contributed by atoms with van der Waals surface area (Å²) in [6.45, 7) is 1.74. The number of carboxylic acids is 1. The average Bonchev–Trinajstić information content (AvgIpc) is 2.52. The van der Waals surface area contributed by atoms with Crippen molar-refractivity contribution in [2.75, 3.05) is 6.61 Å². The van der Waals surface area contributed by atoms with Crippen molar-refractivity contribution in [3.05, 3.63) is 65.0 Å². The maximum Gasteiger partial charge on any atom is 0.340 e. The van der Waals surface area contributed by atoms with E-state index < -0.39 is 17.8 Å². The molecule has 0 saturated carbocycles. The van der Waals surface area contributed by atoms with Crippen LogP contribution in [0.4, 0.5) is 4.39 Å². The second kappa shape index (κ2) is 7.40. The molecule has 0 aliphatic carbocycles. The van der Waals surface area contributed by atoms with Crippen LogP contribution in [0.15, 0.2) is 42.5 Å². The van der Waals surface area contributed by atoms with E-state index >= 15 is 0 Å². The highest BCUT2D eigenvalue weighted by Crippen LogP contribution is 2.24. The molecule has 0 radical (unpaired) electrons. The molecule has 0 aromatic heterocycles.